The third-order valence-electron chi connectivity index (χ3n) is 0.495. The lowest BCUT2D eigenvalue weighted by Gasteiger charge is -1.88. The average Bonchev–Trinajstić information content (AvgIpc) is 1.63. The first-order chi connectivity index (χ1) is 4.13. The predicted octanol–water partition coefficient (Wildman–Crippen LogP) is -0.159. The zero-order valence-electron chi connectivity index (χ0n) is 4.37. The standard InChI is InChI=1S/C3H5BrO4S/c4-3(5)1-2-8-9(6)7/h9H,1-2H2. The molecule has 0 heterocycles. The molecule has 0 aromatic rings. The number of thiol groups is 1. The van der Waals surface area contributed by atoms with E-state index in [2.05, 4.69) is 20.1 Å². The van der Waals surface area contributed by atoms with Crippen molar-refractivity contribution in [2.45, 2.75) is 6.42 Å². The van der Waals surface area contributed by atoms with Crippen LogP contribution in [-0.4, -0.2) is 19.7 Å². The van der Waals surface area contributed by atoms with E-state index in [0.717, 1.165) is 0 Å². The van der Waals surface area contributed by atoms with Crippen LogP contribution in [0.5, 0.6) is 0 Å². The van der Waals surface area contributed by atoms with Gasteiger partial charge in [-0.25, -0.2) is 8.42 Å². The molecule has 0 fully saturated rings. The molecular weight excluding hydrogens is 212 g/mol. The Hall–Kier alpha value is 0.0600. The SMILES string of the molecule is O=C(Br)CCO[SH](=O)=O. The van der Waals surface area contributed by atoms with Gasteiger partial charge in [-0.05, 0) is 15.9 Å². The van der Waals surface area contributed by atoms with Crippen molar-refractivity contribution in [3.8, 4) is 0 Å². The maximum atomic E-state index is 10.1. The molecule has 0 atom stereocenters. The van der Waals surface area contributed by atoms with E-state index >= 15 is 0 Å². The van der Waals surface area contributed by atoms with E-state index < -0.39 is 11.0 Å². The van der Waals surface area contributed by atoms with E-state index in [4.69, 9.17) is 0 Å². The summed E-state index contributed by atoms with van der Waals surface area (Å²) in [6.07, 6.45) is 0.0727. The topological polar surface area (TPSA) is 60.4 Å². The van der Waals surface area contributed by atoms with Gasteiger partial charge in [-0.1, -0.05) is 0 Å². The lowest BCUT2D eigenvalue weighted by molar-refractivity contribution is -0.110. The average molecular weight is 217 g/mol. The molecule has 0 saturated heterocycles. The largest absolute Gasteiger partial charge is 0.287 e. The van der Waals surface area contributed by atoms with Crippen molar-refractivity contribution in [2.24, 2.45) is 0 Å². The summed E-state index contributed by atoms with van der Waals surface area (Å²) in [5.41, 5.74) is 0. The molecule has 0 rings (SSSR count). The fraction of sp³-hybridized carbons (Fsp3) is 0.667. The van der Waals surface area contributed by atoms with Gasteiger partial charge in [0.25, 0.3) is 11.0 Å². The van der Waals surface area contributed by atoms with Crippen LogP contribution in [0.4, 0.5) is 0 Å². The molecule has 4 nitrogen and oxygen atoms in total. The Morgan fingerprint density at radius 2 is 2.11 bits per heavy atom. The first-order valence-corrected chi connectivity index (χ1v) is 3.97. The number of carbonyl (C=O) groups is 1. The summed E-state index contributed by atoms with van der Waals surface area (Å²) >= 11 is 2.61. The summed E-state index contributed by atoms with van der Waals surface area (Å²) in [5.74, 6) is 0. The molecule has 0 unspecified atom stereocenters. The first kappa shape index (κ1) is 9.06. The normalized spacial score (nSPS) is 10.0. The second-order valence-electron chi connectivity index (χ2n) is 1.16. The van der Waals surface area contributed by atoms with Gasteiger partial charge in [-0.3, -0.25) is 8.98 Å². The second kappa shape index (κ2) is 4.89. The van der Waals surface area contributed by atoms with Crippen LogP contribution >= 0.6 is 15.9 Å². The van der Waals surface area contributed by atoms with Gasteiger partial charge in [-0.15, -0.1) is 0 Å². The molecule has 0 saturated carbocycles. The zero-order valence-corrected chi connectivity index (χ0v) is 6.85. The van der Waals surface area contributed by atoms with Crippen molar-refractivity contribution in [2.75, 3.05) is 6.61 Å². The highest BCUT2D eigenvalue weighted by Gasteiger charge is 1.94. The van der Waals surface area contributed by atoms with Crippen LogP contribution in [0.3, 0.4) is 0 Å². The molecule has 0 N–H and O–H groups in total. The molecule has 54 valence electrons. The minimum atomic E-state index is -2.80. The van der Waals surface area contributed by atoms with Crippen molar-refractivity contribution >= 4 is 31.6 Å². The van der Waals surface area contributed by atoms with Gasteiger partial charge in [0.15, 0.2) is 4.69 Å². The molecular formula is C3H5BrO4S. The smallest absolute Gasteiger partial charge is 0.257 e. The third kappa shape index (κ3) is 8.06. The number of rotatable bonds is 4. The Bertz CT molecular complexity index is 155. The van der Waals surface area contributed by atoms with Gasteiger partial charge in [0.05, 0.1) is 6.61 Å². The minimum absolute atomic E-state index is 0.0727. The number of carbonyl (C=O) groups excluding carboxylic acids is 1. The molecule has 0 bridgehead atoms. The summed E-state index contributed by atoms with van der Waals surface area (Å²) in [6.45, 7) is -0.0806. The molecule has 0 radical (unpaired) electrons. The van der Waals surface area contributed by atoms with Gasteiger partial charge in [0, 0.05) is 6.42 Å². The van der Waals surface area contributed by atoms with Crippen LogP contribution in [0.1, 0.15) is 6.42 Å². The fourth-order valence-electron chi connectivity index (χ4n) is 0.200. The summed E-state index contributed by atoms with van der Waals surface area (Å²) in [7, 11) is -2.80. The van der Waals surface area contributed by atoms with Crippen molar-refractivity contribution in [1.29, 1.82) is 0 Å². The molecule has 0 aliphatic rings. The van der Waals surface area contributed by atoms with Gasteiger partial charge in [0.2, 0.25) is 0 Å². The van der Waals surface area contributed by atoms with Crippen LogP contribution in [-0.2, 0) is 20.0 Å². The van der Waals surface area contributed by atoms with Crippen molar-refractivity contribution in [3.05, 3.63) is 0 Å². The van der Waals surface area contributed by atoms with Crippen LogP contribution in [0.25, 0.3) is 0 Å². The van der Waals surface area contributed by atoms with E-state index in [1.807, 2.05) is 0 Å². The molecule has 0 aromatic carbocycles. The van der Waals surface area contributed by atoms with E-state index in [9.17, 15) is 13.2 Å². The highest BCUT2D eigenvalue weighted by atomic mass is 79.9. The Morgan fingerprint density at radius 1 is 1.56 bits per heavy atom. The monoisotopic (exact) mass is 216 g/mol. The van der Waals surface area contributed by atoms with E-state index in [1.54, 1.807) is 0 Å². The van der Waals surface area contributed by atoms with Crippen LogP contribution in [0.15, 0.2) is 0 Å². The fourth-order valence-corrected chi connectivity index (χ4v) is 0.603. The molecule has 0 spiro atoms. The van der Waals surface area contributed by atoms with Crippen molar-refractivity contribution < 1.29 is 17.4 Å². The van der Waals surface area contributed by atoms with Crippen LogP contribution in [0.2, 0.25) is 0 Å². The Balaban J connectivity index is 3.21. The highest BCUT2D eigenvalue weighted by Crippen LogP contribution is 1.91. The second-order valence-corrected chi connectivity index (χ2v) is 2.75. The maximum Gasteiger partial charge on any atom is 0.257 e. The Labute approximate surface area is 62.5 Å². The molecule has 0 aromatic heterocycles. The molecule has 6 heteroatoms. The highest BCUT2D eigenvalue weighted by molar-refractivity contribution is 9.18. The summed E-state index contributed by atoms with van der Waals surface area (Å²) in [6, 6.07) is 0. The van der Waals surface area contributed by atoms with Gasteiger partial charge in [0.1, 0.15) is 0 Å². The molecule has 9 heavy (non-hydrogen) atoms. The molecule has 0 aliphatic carbocycles. The van der Waals surface area contributed by atoms with E-state index in [-0.39, 0.29) is 17.7 Å². The number of halogens is 1. The van der Waals surface area contributed by atoms with Crippen molar-refractivity contribution in [1.82, 2.24) is 0 Å². The first-order valence-electron chi connectivity index (χ1n) is 2.08. The molecule has 0 aliphatic heterocycles. The van der Waals surface area contributed by atoms with Gasteiger partial charge in [-0.2, -0.15) is 0 Å². The van der Waals surface area contributed by atoms with Gasteiger partial charge >= 0.3 is 0 Å². The summed E-state index contributed by atoms with van der Waals surface area (Å²) < 4.78 is 23.1. The minimum Gasteiger partial charge on any atom is -0.287 e. The number of hydrogen-bond donors (Lipinski definition) is 1. The lowest BCUT2D eigenvalue weighted by Crippen LogP contribution is -1.96. The maximum absolute atomic E-state index is 10.1. The van der Waals surface area contributed by atoms with Crippen LogP contribution in [0, 0.1) is 0 Å². The predicted molar refractivity (Wildman–Crippen MR) is 34.8 cm³/mol. The summed E-state index contributed by atoms with van der Waals surface area (Å²) in [5, 5.41) is 0. The summed E-state index contributed by atoms with van der Waals surface area (Å²) in [4.78, 5) is 10.1. The third-order valence-corrected chi connectivity index (χ3v) is 1.29. The Morgan fingerprint density at radius 3 is 2.44 bits per heavy atom. The zero-order chi connectivity index (χ0) is 7.28. The quantitative estimate of drug-likeness (QED) is 0.525. The molecule has 0 amide bonds. The van der Waals surface area contributed by atoms with E-state index in [0.29, 0.717) is 0 Å². The van der Waals surface area contributed by atoms with Gasteiger partial charge < -0.3 is 0 Å². The van der Waals surface area contributed by atoms with Crippen LogP contribution < -0.4 is 0 Å². The Kier molecular flexibility index (Phi) is 4.93. The lowest BCUT2D eigenvalue weighted by atomic mass is 10.5. The van der Waals surface area contributed by atoms with E-state index in [1.165, 1.54) is 0 Å². The number of hydrogen-bond acceptors (Lipinski definition) is 4. The van der Waals surface area contributed by atoms with Crippen molar-refractivity contribution in [3.63, 3.8) is 0 Å².